The van der Waals surface area contributed by atoms with E-state index in [1.54, 1.807) is 36.4 Å². The van der Waals surface area contributed by atoms with E-state index in [2.05, 4.69) is 4.72 Å². The smallest absolute Gasteiger partial charge is 0.265 e. The van der Waals surface area contributed by atoms with Gasteiger partial charge in [-0.15, -0.1) is 0 Å². The van der Waals surface area contributed by atoms with Crippen molar-refractivity contribution in [3.05, 3.63) is 52.5 Å². The normalized spacial score (nSPS) is 11.2. The number of rotatable bonds is 4. The number of benzene rings is 2. The monoisotopic (exact) mass is 325 g/mol. The third kappa shape index (κ3) is 3.49. The Bertz CT molecular complexity index is 755. The fourth-order valence-corrected chi connectivity index (χ4v) is 3.28. The van der Waals surface area contributed by atoms with Crippen molar-refractivity contribution in [2.24, 2.45) is 0 Å². The number of aryl methyl sites for hydroxylation is 2. The van der Waals surface area contributed by atoms with Crippen molar-refractivity contribution in [1.29, 1.82) is 0 Å². The summed E-state index contributed by atoms with van der Waals surface area (Å²) in [5.74, 6) is 0.319. The SMILES string of the molecule is COc1cc(C)c(C)cc1S(=O)(=O)Nc1ccc(Cl)cc1. The lowest BCUT2D eigenvalue weighted by Crippen LogP contribution is -2.14. The van der Waals surface area contributed by atoms with E-state index in [4.69, 9.17) is 16.3 Å². The highest BCUT2D eigenvalue weighted by molar-refractivity contribution is 7.92. The standard InChI is InChI=1S/C15H16ClNO3S/c1-10-8-14(20-3)15(9-11(10)2)21(18,19)17-13-6-4-12(16)5-7-13/h4-9,17H,1-3H3. The van der Waals surface area contributed by atoms with Gasteiger partial charge >= 0.3 is 0 Å². The Hall–Kier alpha value is -1.72. The number of hydrogen-bond acceptors (Lipinski definition) is 3. The summed E-state index contributed by atoms with van der Waals surface area (Å²) in [6.07, 6.45) is 0. The minimum Gasteiger partial charge on any atom is -0.495 e. The van der Waals surface area contributed by atoms with Crippen molar-refractivity contribution in [1.82, 2.24) is 0 Å². The second-order valence-corrected chi connectivity index (χ2v) is 6.79. The van der Waals surface area contributed by atoms with Crippen LogP contribution >= 0.6 is 11.6 Å². The Morgan fingerprint density at radius 2 is 1.62 bits per heavy atom. The summed E-state index contributed by atoms with van der Waals surface area (Å²) < 4.78 is 32.7. The zero-order valence-corrected chi connectivity index (χ0v) is 13.5. The van der Waals surface area contributed by atoms with Gasteiger partial charge in [0, 0.05) is 10.7 Å². The molecule has 0 amide bonds. The van der Waals surface area contributed by atoms with Crippen molar-refractivity contribution in [3.8, 4) is 5.75 Å². The molecule has 0 aliphatic rings. The lowest BCUT2D eigenvalue weighted by Gasteiger charge is -2.13. The summed E-state index contributed by atoms with van der Waals surface area (Å²) in [4.78, 5) is 0.114. The van der Waals surface area contributed by atoms with Gasteiger partial charge < -0.3 is 4.74 Å². The molecule has 0 aliphatic heterocycles. The van der Waals surface area contributed by atoms with E-state index in [0.717, 1.165) is 11.1 Å². The molecule has 0 aromatic heterocycles. The van der Waals surface area contributed by atoms with Crippen molar-refractivity contribution in [3.63, 3.8) is 0 Å². The van der Waals surface area contributed by atoms with Gasteiger partial charge in [-0.25, -0.2) is 8.42 Å². The number of anilines is 1. The maximum Gasteiger partial charge on any atom is 0.265 e. The topological polar surface area (TPSA) is 55.4 Å². The first-order chi connectivity index (χ1) is 9.83. The van der Waals surface area contributed by atoms with Gasteiger partial charge in [-0.2, -0.15) is 0 Å². The molecule has 0 atom stereocenters. The highest BCUT2D eigenvalue weighted by Gasteiger charge is 2.20. The van der Waals surface area contributed by atoms with Crippen LogP contribution in [0.1, 0.15) is 11.1 Å². The Kier molecular flexibility index (Phi) is 4.44. The third-order valence-electron chi connectivity index (χ3n) is 3.17. The lowest BCUT2D eigenvalue weighted by atomic mass is 10.1. The molecule has 0 spiro atoms. The van der Waals surface area contributed by atoms with Crippen LogP contribution in [0.2, 0.25) is 5.02 Å². The molecule has 1 N–H and O–H groups in total. The fraction of sp³-hybridized carbons (Fsp3) is 0.200. The molecule has 4 nitrogen and oxygen atoms in total. The fourth-order valence-electron chi connectivity index (χ4n) is 1.86. The van der Waals surface area contributed by atoms with E-state index >= 15 is 0 Å². The molecule has 2 aromatic carbocycles. The molecule has 2 aromatic rings. The summed E-state index contributed by atoms with van der Waals surface area (Å²) >= 11 is 5.79. The minimum absolute atomic E-state index is 0.114. The summed E-state index contributed by atoms with van der Waals surface area (Å²) in [6.45, 7) is 3.76. The number of nitrogens with one attached hydrogen (secondary N) is 1. The Balaban J connectivity index is 2.44. The maximum atomic E-state index is 12.5. The Morgan fingerprint density at radius 3 is 2.19 bits per heavy atom. The average molecular weight is 326 g/mol. The van der Waals surface area contributed by atoms with E-state index < -0.39 is 10.0 Å². The summed E-state index contributed by atoms with van der Waals surface area (Å²) in [5.41, 5.74) is 2.30. The molecule has 0 unspecified atom stereocenters. The molecule has 6 heteroatoms. The van der Waals surface area contributed by atoms with Crippen LogP contribution in [0.25, 0.3) is 0 Å². The van der Waals surface area contributed by atoms with Gasteiger partial charge in [0.2, 0.25) is 0 Å². The zero-order valence-electron chi connectivity index (χ0n) is 12.0. The second-order valence-electron chi connectivity index (χ2n) is 4.70. The van der Waals surface area contributed by atoms with Gasteiger partial charge in [0.1, 0.15) is 10.6 Å². The molecule has 0 radical (unpaired) electrons. The van der Waals surface area contributed by atoms with Gasteiger partial charge in [-0.05, 0) is 61.4 Å². The molecule has 0 fully saturated rings. The van der Waals surface area contributed by atoms with Gasteiger partial charge in [0.15, 0.2) is 0 Å². The molecular formula is C15H16ClNO3S. The van der Waals surface area contributed by atoms with Crippen LogP contribution in [0, 0.1) is 13.8 Å². The molecule has 2 rings (SSSR count). The van der Waals surface area contributed by atoms with Crippen LogP contribution in [-0.4, -0.2) is 15.5 Å². The number of methoxy groups -OCH3 is 1. The van der Waals surface area contributed by atoms with Crippen LogP contribution in [0.3, 0.4) is 0 Å². The van der Waals surface area contributed by atoms with Crippen molar-refractivity contribution < 1.29 is 13.2 Å². The molecule has 112 valence electrons. The largest absolute Gasteiger partial charge is 0.495 e. The van der Waals surface area contributed by atoms with E-state index in [0.29, 0.717) is 16.5 Å². The van der Waals surface area contributed by atoms with E-state index in [9.17, 15) is 8.42 Å². The van der Waals surface area contributed by atoms with E-state index in [1.807, 2.05) is 13.8 Å². The number of ether oxygens (including phenoxy) is 1. The van der Waals surface area contributed by atoms with Gasteiger partial charge in [0.05, 0.1) is 7.11 Å². The van der Waals surface area contributed by atoms with Crippen molar-refractivity contribution in [2.75, 3.05) is 11.8 Å². The van der Waals surface area contributed by atoms with E-state index in [1.165, 1.54) is 7.11 Å². The van der Waals surface area contributed by atoms with Crippen LogP contribution < -0.4 is 9.46 Å². The molecule has 0 bridgehead atoms. The summed E-state index contributed by atoms with van der Waals surface area (Å²) in [6, 6.07) is 9.77. The zero-order chi connectivity index (χ0) is 15.6. The number of halogens is 1. The molecule has 0 aliphatic carbocycles. The van der Waals surface area contributed by atoms with Gasteiger partial charge in [-0.3, -0.25) is 4.72 Å². The predicted octanol–water partition coefficient (Wildman–Crippen LogP) is 3.77. The third-order valence-corrected chi connectivity index (χ3v) is 4.82. The first kappa shape index (κ1) is 15.7. The van der Waals surface area contributed by atoms with Gasteiger partial charge in [0.25, 0.3) is 10.0 Å². The quantitative estimate of drug-likeness (QED) is 0.931. The number of sulfonamides is 1. The molecule has 0 saturated heterocycles. The lowest BCUT2D eigenvalue weighted by molar-refractivity contribution is 0.402. The predicted molar refractivity (Wildman–Crippen MR) is 84.7 cm³/mol. The Labute approximate surface area is 129 Å². The maximum absolute atomic E-state index is 12.5. The van der Waals surface area contributed by atoms with Crippen molar-refractivity contribution in [2.45, 2.75) is 18.7 Å². The first-order valence-corrected chi connectivity index (χ1v) is 8.13. The molecule has 0 heterocycles. The van der Waals surface area contributed by atoms with Crippen LogP contribution in [0.4, 0.5) is 5.69 Å². The van der Waals surface area contributed by atoms with Crippen LogP contribution in [-0.2, 0) is 10.0 Å². The highest BCUT2D eigenvalue weighted by Crippen LogP contribution is 2.29. The Morgan fingerprint density at radius 1 is 1.05 bits per heavy atom. The minimum atomic E-state index is -3.73. The first-order valence-electron chi connectivity index (χ1n) is 6.27. The average Bonchev–Trinajstić information content (AvgIpc) is 2.43. The van der Waals surface area contributed by atoms with Crippen LogP contribution in [0.5, 0.6) is 5.75 Å². The highest BCUT2D eigenvalue weighted by atomic mass is 35.5. The molecular weight excluding hydrogens is 310 g/mol. The molecule has 0 saturated carbocycles. The molecule has 21 heavy (non-hydrogen) atoms. The van der Waals surface area contributed by atoms with E-state index in [-0.39, 0.29) is 4.90 Å². The summed E-state index contributed by atoms with van der Waals surface area (Å²) in [5, 5.41) is 0.543. The van der Waals surface area contributed by atoms with Gasteiger partial charge in [-0.1, -0.05) is 11.6 Å². The van der Waals surface area contributed by atoms with Crippen LogP contribution in [0.15, 0.2) is 41.3 Å². The summed E-state index contributed by atoms with van der Waals surface area (Å²) in [7, 11) is -2.28. The van der Waals surface area contributed by atoms with Crippen molar-refractivity contribution >= 4 is 27.3 Å². The number of hydrogen-bond donors (Lipinski definition) is 1. The second kappa shape index (κ2) is 5.95.